The minimum absolute atomic E-state index is 0.304. The highest BCUT2D eigenvalue weighted by molar-refractivity contribution is 7.90. The normalized spacial score (nSPS) is 11.4. The van der Waals surface area contributed by atoms with Crippen molar-refractivity contribution < 1.29 is 8.42 Å². The maximum absolute atomic E-state index is 11.7. The van der Waals surface area contributed by atoms with Crippen LogP contribution in [-0.4, -0.2) is 14.7 Å². The fraction of sp³-hybridized carbons (Fsp3) is 0.0769. The Morgan fingerprint density at radius 1 is 0.882 bits per heavy atom. The lowest BCUT2D eigenvalue weighted by Crippen LogP contribution is -2.00. The van der Waals surface area contributed by atoms with Gasteiger partial charge < -0.3 is 5.73 Å². The zero-order valence-corrected chi connectivity index (χ0v) is 10.2. The first-order valence-corrected chi connectivity index (χ1v) is 7.03. The Balaban J connectivity index is 2.74. The SMILES string of the molecule is CS(=O)(=O)c1ccccc1-c1ccccc1N. The Morgan fingerprint density at radius 2 is 1.41 bits per heavy atom. The highest BCUT2D eigenvalue weighted by Crippen LogP contribution is 2.30. The van der Waals surface area contributed by atoms with Gasteiger partial charge in [-0.1, -0.05) is 36.4 Å². The predicted octanol–water partition coefficient (Wildman–Crippen LogP) is 2.34. The topological polar surface area (TPSA) is 60.2 Å². The van der Waals surface area contributed by atoms with Crippen molar-refractivity contribution in [2.24, 2.45) is 0 Å². The molecule has 2 aromatic carbocycles. The monoisotopic (exact) mass is 247 g/mol. The third-order valence-electron chi connectivity index (χ3n) is 2.54. The van der Waals surface area contributed by atoms with Gasteiger partial charge in [-0.3, -0.25) is 0 Å². The van der Waals surface area contributed by atoms with Crippen LogP contribution in [0.1, 0.15) is 0 Å². The van der Waals surface area contributed by atoms with Gasteiger partial charge in [0.25, 0.3) is 0 Å². The summed E-state index contributed by atoms with van der Waals surface area (Å²) < 4.78 is 23.4. The molecule has 0 amide bonds. The molecule has 2 aromatic rings. The molecule has 4 heteroatoms. The smallest absolute Gasteiger partial charge is 0.176 e. The molecule has 0 saturated carbocycles. The van der Waals surface area contributed by atoms with Crippen molar-refractivity contribution in [2.75, 3.05) is 12.0 Å². The molecule has 0 atom stereocenters. The summed E-state index contributed by atoms with van der Waals surface area (Å²) in [5, 5.41) is 0. The lowest BCUT2D eigenvalue weighted by molar-refractivity contribution is 0.602. The first-order chi connectivity index (χ1) is 8.00. The maximum atomic E-state index is 11.7. The second kappa shape index (κ2) is 4.22. The third kappa shape index (κ3) is 2.31. The van der Waals surface area contributed by atoms with Crippen LogP contribution in [0.4, 0.5) is 5.69 Å². The van der Waals surface area contributed by atoms with Crippen LogP contribution in [-0.2, 0) is 9.84 Å². The van der Waals surface area contributed by atoms with Crippen LogP contribution in [0, 0.1) is 0 Å². The van der Waals surface area contributed by atoms with Gasteiger partial charge in [-0.15, -0.1) is 0 Å². The van der Waals surface area contributed by atoms with E-state index in [1.54, 1.807) is 30.3 Å². The van der Waals surface area contributed by atoms with Gasteiger partial charge in [0.1, 0.15) is 0 Å². The van der Waals surface area contributed by atoms with Crippen molar-refractivity contribution in [1.29, 1.82) is 0 Å². The van der Waals surface area contributed by atoms with Crippen molar-refractivity contribution in [3.63, 3.8) is 0 Å². The summed E-state index contributed by atoms with van der Waals surface area (Å²) in [7, 11) is -3.25. The van der Waals surface area contributed by atoms with Gasteiger partial charge in [-0.2, -0.15) is 0 Å². The molecule has 0 bridgehead atoms. The predicted molar refractivity (Wildman–Crippen MR) is 69.4 cm³/mol. The first kappa shape index (κ1) is 11.7. The first-order valence-electron chi connectivity index (χ1n) is 5.14. The zero-order chi connectivity index (χ0) is 12.5. The van der Waals surface area contributed by atoms with Gasteiger partial charge in [-0.25, -0.2) is 8.42 Å². The Hall–Kier alpha value is -1.81. The summed E-state index contributed by atoms with van der Waals surface area (Å²) >= 11 is 0. The Kier molecular flexibility index (Phi) is 2.90. The summed E-state index contributed by atoms with van der Waals surface area (Å²) in [4.78, 5) is 0.304. The highest BCUT2D eigenvalue weighted by Gasteiger charge is 2.14. The molecule has 0 aromatic heterocycles. The van der Waals surface area contributed by atoms with Gasteiger partial charge in [0.2, 0.25) is 0 Å². The average molecular weight is 247 g/mol. The summed E-state index contributed by atoms with van der Waals surface area (Å²) in [6, 6.07) is 14.1. The van der Waals surface area contributed by atoms with Gasteiger partial charge in [-0.05, 0) is 12.1 Å². The summed E-state index contributed by atoms with van der Waals surface area (Å²) in [5.74, 6) is 0. The summed E-state index contributed by atoms with van der Waals surface area (Å²) in [5.41, 5.74) is 7.83. The van der Waals surface area contributed by atoms with E-state index in [-0.39, 0.29) is 0 Å². The van der Waals surface area contributed by atoms with Crippen LogP contribution >= 0.6 is 0 Å². The number of sulfone groups is 1. The van der Waals surface area contributed by atoms with E-state index in [9.17, 15) is 8.42 Å². The molecule has 2 rings (SSSR count). The molecule has 0 fully saturated rings. The van der Waals surface area contributed by atoms with E-state index < -0.39 is 9.84 Å². The quantitative estimate of drug-likeness (QED) is 0.829. The van der Waals surface area contributed by atoms with Gasteiger partial charge in [0.15, 0.2) is 9.84 Å². The fourth-order valence-electron chi connectivity index (χ4n) is 1.75. The van der Waals surface area contributed by atoms with Crippen molar-refractivity contribution in [1.82, 2.24) is 0 Å². The number of hydrogen-bond acceptors (Lipinski definition) is 3. The van der Waals surface area contributed by atoms with E-state index >= 15 is 0 Å². The average Bonchev–Trinajstić information content (AvgIpc) is 2.28. The standard InChI is InChI=1S/C13H13NO2S/c1-17(15,16)13-9-5-3-7-11(13)10-6-2-4-8-12(10)14/h2-9H,14H2,1H3. The number of nitrogen functional groups attached to an aromatic ring is 1. The van der Waals surface area contributed by atoms with E-state index in [1.165, 1.54) is 6.26 Å². The second-order valence-corrected chi connectivity index (χ2v) is 5.84. The second-order valence-electron chi connectivity index (χ2n) is 3.86. The van der Waals surface area contributed by atoms with Crippen LogP contribution in [0.25, 0.3) is 11.1 Å². The summed E-state index contributed by atoms with van der Waals surface area (Å²) in [6.45, 7) is 0. The van der Waals surface area contributed by atoms with Gasteiger partial charge >= 0.3 is 0 Å². The third-order valence-corrected chi connectivity index (χ3v) is 3.69. The number of benzene rings is 2. The highest BCUT2D eigenvalue weighted by atomic mass is 32.2. The lowest BCUT2D eigenvalue weighted by atomic mass is 10.0. The number of para-hydroxylation sites is 1. The van der Waals surface area contributed by atoms with Crippen LogP contribution in [0.3, 0.4) is 0 Å². The number of nitrogens with two attached hydrogens (primary N) is 1. The minimum Gasteiger partial charge on any atom is -0.398 e. The van der Waals surface area contributed by atoms with E-state index in [1.807, 2.05) is 18.2 Å². The molecular formula is C13H13NO2S. The lowest BCUT2D eigenvalue weighted by Gasteiger charge is -2.10. The number of rotatable bonds is 2. The maximum Gasteiger partial charge on any atom is 0.176 e. The molecule has 0 aliphatic rings. The van der Waals surface area contributed by atoms with Crippen molar-refractivity contribution in [3.05, 3.63) is 48.5 Å². The summed E-state index contributed by atoms with van der Waals surface area (Å²) in [6.07, 6.45) is 1.20. The molecule has 0 spiro atoms. The Bertz CT molecular complexity index is 648. The van der Waals surface area contributed by atoms with Crippen molar-refractivity contribution in [2.45, 2.75) is 4.90 Å². The molecule has 0 heterocycles. The Morgan fingerprint density at radius 3 is 2.00 bits per heavy atom. The molecule has 3 nitrogen and oxygen atoms in total. The molecule has 0 saturated heterocycles. The molecule has 0 unspecified atom stereocenters. The molecule has 88 valence electrons. The van der Waals surface area contributed by atoms with Crippen LogP contribution in [0.5, 0.6) is 0 Å². The van der Waals surface area contributed by atoms with Gasteiger partial charge in [0.05, 0.1) is 4.90 Å². The molecule has 2 N–H and O–H groups in total. The zero-order valence-electron chi connectivity index (χ0n) is 9.42. The molecule has 17 heavy (non-hydrogen) atoms. The fourth-order valence-corrected chi connectivity index (χ4v) is 2.66. The molecule has 0 aliphatic heterocycles. The van der Waals surface area contributed by atoms with E-state index in [4.69, 9.17) is 5.73 Å². The van der Waals surface area contributed by atoms with E-state index in [2.05, 4.69) is 0 Å². The molecule has 0 radical (unpaired) electrons. The van der Waals surface area contributed by atoms with E-state index in [0.29, 0.717) is 16.1 Å². The van der Waals surface area contributed by atoms with Gasteiger partial charge in [0, 0.05) is 23.1 Å². The van der Waals surface area contributed by atoms with Crippen LogP contribution in [0.15, 0.2) is 53.4 Å². The van der Waals surface area contributed by atoms with Crippen molar-refractivity contribution in [3.8, 4) is 11.1 Å². The Labute approximate surface area is 101 Å². The van der Waals surface area contributed by atoms with E-state index in [0.717, 1.165) is 5.56 Å². The van der Waals surface area contributed by atoms with Crippen molar-refractivity contribution >= 4 is 15.5 Å². The molecular weight excluding hydrogens is 234 g/mol. The number of hydrogen-bond donors (Lipinski definition) is 1. The van der Waals surface area contributed by atoms with Crippen LogP contribution < -0.4 is 5.73 Å². The minimum atomic E-state index is -3.25. The largest absolute Gasteiger partial charge is 0.398 e. The number of anilines is 1. The van der Waals surface area contributed by atoms with Crippen LogP contribution in [0.2, 0.25) is 0 Å². The molecule has 0 aliphatic carbocycles.